The van der Waals surface area contributed by atoms with Crippen molar-refractivity contribution in [2.45, 2.75) is 32.1 Å². The van der Waals surface area contributed by atoms with Gasteiger partial charge in [0, 0.05) is 5.75 Å². The van der Waals surface area contributed by atoms with Crippen molar-refractivity contribution in [3.05, 3.63) is 65.0 Å². The van der Waals surface area contributed by atoms with Crippen LogP contribution in [0.15, 0.2) is 42.5 Å². The molecule has 0 unspecified atom stereocenters. The van der Waals surface area contributed by atoms with E-state index in [2.05, 4.69) is 5.32 Å². The molecule has 0 spiro atoms. The molecule has 1 N–H and O–H groups in total. The van der Waals surface area contributed by atoms with Gasteiger partial charge in [-0.15, -0.1) is 11.8 Å². The van der Waals surface area contributed by atoms with E-state index in [-0.39, 0.29) is 17.8 Å². The van der Waals surface area contributed by atoms with Crippen molar-refractivity contribution in [2.75, 3.05) is 12.9 Å². The van der Waals surface area contributed by atoms with Crippen LogP contribution in [0.1, 0.15) is 36.1 Å². The van der Waals surface area contributed by atoms with Gasteiger partial charge in [-0.25, -0.2) is 4.39 Å². The molecule has 0 radical (unpaired) electrons. The Morgan fingerprint density at radius 2 is 2.04 bits per heavy atom. The summed E-state index contributed by atoms with van der Waals surface area (Å²) in [5.41, 5.74) is 2.73. The summed E-state index contributed by atoms with van der Waals surface area (Å²) < 4.78 is 18.9. The number of methoxy groups -OCH3 is 1. The standard InChI is InChI=1S/C20H24FNO2S/c1-4-18(15-9-10-19(24-3)14(2)11-15)22-20(23)13-25-12-16-7-5-6-8-17(16)21/h5-11,18H,4,12-13H2,1-3H3,(H,22,23)/t18-/m0/s1. The molecular formula is C20H24FNO2S. The summed E-state index contributed by atoms with van der Waals surface area (Å²) in [7, 11) is 1.65. The van der Waals surface area contributed by atoms with Crippen molar-refractivity contribution < 1.29 is 13.9 Å². The highest BCUT2D eigenvalue weighted by atomic mass is 32.2. The molecule has 2 rings (SSSR count). The number of carbonyl (C=O) groups excluding carboxylic acids is 1. The minimum Gasteiger partial charge on any atom is -0.496 e. The summed E-state index contributed by atoms with van der Waals surface area (Å²) in [4.78, 5) is 12.2. The summed E-state index contributed by atoms with van der Waals surface area (Å²) in [5, 5.41) is 3.05. The van der Waals surface area contributed by atoms with Gasteiger partial charge in [0.05, 0.1) is 18.9 Å². The molecule has 1 atom stereocenters. The molecule has 0 aliphatic heterocycles. The lowest BCUT2D eigenvalue weighted by Gasteiger charge is -2.19. The molecule has 0 saturated heterocycles. The summed E-state index contributed by atoms with van der Waals surface area (Å²) in [6.07, 6.45) is 0.801. The number of carbonyl (C=O) groups is 1. The predicted octanol–water partition coefficient (Wildman–Crippen LogP) is 4.64. The number of thioether (sulfide) groups is 1. The Kier molecular flexibility index (Phi) is 7.31. The van der Waals surface area contributed by atoms with Gasteiger partial charge in [0.15, 0.2) is 0 Å². The van der Waals surface area contributed by atoms with E-state index in [1.165, 1.54) is 17.8 Å². The molecule has 2 aromatic rings. The lowest BCUT2D eigenvalue weighted by atomic mass is 10.0. The Hall–Kier alpha value is -2.01. The fourth-order valence-electron chi connectivity index (χ4n) is 2.64. The highest BCUT2D eigenvalue weighted by Gasteiger charge is 2.14. The van der Waals surface area contributed by atoms with Crippen LogP contribution in [-0.2, 0) is 10.5 Å². The van der Waals surface area contributed by atoms with E-state index in [0.29, 0.717) is 17.1 Å². The van der Waals surface area contributed by atoms with Crippen LogP contribution < -0.4 is 10.1 Å². The van der Waals surface area contributed by atoms with Crippen molar-refractivity contribution >= 4 is 17.7 Å². The summed E-state index contributed by atoms with van der Waals surface area (Å²) >= 11 is 1.41. The molecule has 1 amide bonds. The van der Waals surface area contributed by atoms with Gasteiger partial charge >= 0.3 is 0 Å². The Bertz CT molecular complexity index is 721. The molecule has 0 aliphatic rings. The van der Waals surface area contributed by atoms with Crippen molar-refractivity contribution in [2.24, 2.45) is 0 Å². The number of hydrogen-bond acceptors (Lipinski definition) is 3. The number of hydrogen-bond donors (Lipinski definition) is 1. The first-order valence-electron chi connectivity index (χ1n) is 8.30. The number of ether oxygens (including phenoxy) is 1. The molecule has 5 heteroatoms. The lowest BCUT2D eigenvalue weighted by Crippen LogP contribution is -2.29. The molecule has 0 aliphatic carbocycles. The van der Waals surface area contributed by atoms with E-state index in [9.17, 15) is 9.18 Å². The van der Waals surface area contributed by atoms with Crippen LogP contribution >= 0.6 is 11.8 Å². The van der Waals surface area contributed by atoms with Gasteiger partial charge in [0.1, 0.15) is 11.6 Å². The highest BCUT2D eigenvalue weighted by Crippen LogP contribution is 2.24. The largest absolute Gasteiger partial charge is 0.496 e. The molecule has 25 heavy (non-hydrogen) atoms. The van der Waals surface area contributed by atoms with Crippen molar-refractivity contribution in [3.8, 4) is 5.75 Å². The SMILES string of the molecule is CC[C@H](NC(=O)CSCc1ccccc1F)c1ccc(OC)c(C)c1. The number of halogens is 1. The maximum atomic E-state index is 13.6. The van der Waals surface area contributed by atoms with E-state index in [0.717, 1.165) is 23.3 Å². The van der Waals surface area contributed by atoms with Crippen molar-refractivity contribution in [1.29, 1.82) is 0 Å². The molecule has 3 nitrogen and oxygen atoms in total. The molecule has 134 valence electrons. The van der Waals surface area contributed by atoms with Crippen LogP contribution in [0.4, 0.5) is 4.39 Å². The van der Waals surface area contributed by atoms with Crippen LogP contribution in [0.2, 0.25) is 0 Å². The van der Waals surface area contributed by atoms with Gasteiger partial charge in [-0.05, 0) is 42.2 Å². The second-order valence-corrected chi connectivity index (χ2v) is 6.83. The Labute approximate surface area is 153 Å². The summed E-state index contributed by atoms with van der Waals surface area (Å²) in [6.45, 7) is 4.03. The molecule has 0 aromatic heterocycles. The van der Waals surface area contributed by atoms with Crippen LogP contribution in [-0.4, -0.2) is 18.8 Å². The first-order chi connectivity index (χ1) is 12.0. The second kappa shape index (κ2) is 9.47. The topological polar surface area (TPSA) is 38.3 Å². The maximum absolute atomic E-state index is 13.6. The number of nitrogens with one attached hydrogen (secondary N) is 1. The van der Waals surface area contributed by atoms with Gasteiger partial charge in [-0.1, -0.05) is 37.3 Å². The Morgan fingerprint density at radius 3 is 2.68 bits per heavy atom. The molecule has 0 fully saturated rings. The molecule has 2 aromatic carbocycles. The zero-order valence-electron chi connectivity index (χ0n) is 14.8. The second-order valence-electron chi connectivity index (χ2n) is 5.84. The summed E-state index contributed by atoms with van der Waals surface area (Å²) in [6, 6.07) is 12.6. The lowest BCUT2D eigenvalue weighted by molar-refractivity contribution is -0.119. The van der Waals surface area contributed by atoms with E-state index < -0.39 is 0 Å². The van der Waals surface area contributed by atoms with Crippen molar-refractivity contribution in [3.63, 3.8) is 0 Å². The average Bonchev–Trinajstić information content (AvgIpc) is 2.61. The number of rotatable bonds is 8. The molecule has 0 heterocycles. The molecular weight excluding hydrogens is 337 g/mol. The van der Waals surface area contributed by atoms with E-state index in [4.69, 9.17) is 4.74 Å². The fraction of sp³-hybridized carbons (Fsp3) is 0.350. The monoisotopic (exact) mass is 361 g/mol. The van der Waals surface area contributed by atoms with Crippen LogP contribution in [0.3, 0.4) is 0 Å². The smallest absolute Gasteiger partial charge is 0.230 e. The number of amides is 1. The van der Waals surface area contributed by atoms with E-state index >= 15 is 0 Å². The zero-order chi connectivity index (χ0) is 18.2. The average molecular weight is 361 g/mol. The molecule has 0 saturated carbocycles. The maximum Gasteiger partial charge on any atom is 0.230 e. The number of aryl methyl sites for hydroxylation is 1. The Balaban J connectivity index is 1.89. The molecule has 0 bridgehead atoms. The van der Waals surface area contributed by atoms with Gasteiger partial charge in [-0.2, -0.15) is 0 Å². The first-order valence-corrected chi connectivity index (χ1v) is 9.45. The van der Waals surface area contributed by atoms with Crippen LogP contribution in [0.25, 0.3) is 0 Å². The zero-order valence-corrected chi connectivity index (χ0v) is 15.7. The minimum absolute atomic E-state index is 0.0360. The normalized spacial score (nSPS) is 11.8. The van der Waals surface area contributed by atoms with Gasteiger partial charge in [0.25, 0.3) is 0 Å². The fourth-order valence-corrected chi connectivity index (χ4v) is 3.47. The third kappa shape index (κ3) is 5.49. The van der Waals surface area contributed by atoms with Crippen LogP contribution in [0.5, 0.6) is 5.75 Å². The minimum atomic E-state index is -0.226. The van der Waals surface area contributed by atoms with Crippen molar-refractivity contribution in [1.82, 2.24) is 5.32 Å². The third-order valence-corrected chi connectivity index (χ3v) is 4.99. The van der Waals surface area contributed by atoms with Gasteiger partial charge < -0.3 is 10.1 Å². The number of benzene rings is 2. The highest BCUT2D eigenvalue weighted by molar-refractivity contribution is 7.99. The Morgan fingerprint density at radius 1 is 1.28 bits per heavy atom. The summed E-state index contributed by atoms with van der Waals surface area (Å²) in [5.74, 6) is 1.36. The first kappa shape index (κ1) is 19.3. The third-order valence-electron chi connectivity index (χ3n) is 4.01. The van der Waals surface area contributed by atoms with E-state index in [1.807, 2.05) is 32.0 Å². The van der Waals surface area contributed by atoms with E-state index in [1.54, 1.807) is 25.3 Å². The van der Waals surface area contributed by atoms with Crippen LogP contribution in [0, 0.1) is 12.7 Å². The van der Waals surface area contributed by atoms with Gasteiger partial charge in [0.2, 0.25) is 5.91 Å². The van der Waals surface area contributed by atoms with Gasteiger partial charge in [-0.3, -0.25) is 4.79 Å². The quantitative estimate of drug-likeness (QED) is 0.744. The predicted molar refractivity (Wildman–Crippen MR) is 101 cm³/mol.